The fraction of sp³-hybridized carbons (Fsp3) is 0.273. The van der Waals surface area contributed by atoms with Crippen molar-refractivity contribution in [1.82, 2.24) is 0 Å². The van der Waals surface area contributed by atoms with Gasteiger partial charge in [-0.1, -0.05) is 43.7 Å². The molecule has 27 heavy (non-hydrogen) atoms. The first kappa shape index (κ1) is 18.7. The number of fused-ring (bicyclic) bond motifs is 1. The molecule has 3 rings (SSSR count). The lowest BCUT2D eigenvalue weighted by Gasteiger charge is -2.13. The molecule has 2 aromatic carbocycles. The van der Waals surface area contributed by atoms with Crippen molar-refractivity contribution in [3.63, 3.8) is 0 Å². The number of ether oxygens (including phenoxy) is 2. The van der Waals surface area contributed by atoms with Crippen molar-refractivity contribution in [2.75, 3.05) is 13.2 Å². The summed E-state index contributed by atoms with van der Waals surface area (Å²) in [6.45, 7) is 4.09. The average Bonchev–Trinajstić information content (AvgIpc) is 2.66. The first-order chi connectivity index (χ1) is 13.1. The summed E-state index contributed by atoms with van der Waals surface area (Å²) in [5.41, 5.74) is 2.43. The minimum absolute atomic E-state index is 0.199. The van der Waals surface area contributed by atoms with Gasteiger partial charge in [0.2, 0.25) is 0 Å². The van der Waals surface area contributed by atoms with Gasteiger partial charge in [0.1, 0.15) is 11.3 Å². The van der Waals surface area contributed by atoms with Crippen LogP contribution < -0.4 is 10.4 Å². The number of benzene rings is 2. The summed E-state index contributed by atoms with van der Waals surface area (Å²) >= 11 is 0. The van der Waals surface area contributed by atoms with Crippen LogP contribution in [-0.2, 0) is 9.53 Å². The summed E-state index contributed by atoms with van der Waals surface area (Å²) in [7, 11) is 0. The van der Waals surface area contributed by atoms with Crippen LogP contribution in [0.1, 0.15) is 25.3 Å². The molecule has 0 fully saturated rings. The molecule has 0 radical (unpaired) electrons. The normalized spacial score (nSPS) is 10.7. The number of carbonyl (C=O) groups is 1. The summed E-state index contributed by atoms with van der Waals surface area (Å²) in [5.74, 6) is 0.0665. The lowest BCUT2D eigenvalue weighted by molar-refractivity contribution is -0.146. The number of esters is 1. The minimum Gasteiger partial charge on any atom is -0.481 e. The molecule has 3 aromatic rings. The second kappa shape index (κ2) is 8.54. The Morgan fingerprint density at radius 1 is 1.11 bits per heavy atom. The van der Waals surface area contributed by atoms with Crippen LogP contribution in [-0.4, -0.2) is 19.2 Å². The van der Waals surface area contributed by atoms with Gasteiger partial charge in [0, 0.05) is 11.6 Å². The van der Waals surface area contributed by atoms with E-state index in [1.54, 1.807) is 6.07 Å². The van der Waals surface area contributed by atoms with Crippen molar-refractivity contribution in [2.45, 2.75) is 26.7 Å². The molecule has 0 amide bonds. The van der Waals surface area contributed by atoms with Crippen molar-refractivity contribution >= 4 is 16.9 Å². The standard InChI is InChI=1S/C22H22O5/c1-3-4-10-25-21(24)14-26-18-11-15(2)12-19-22(18)17(13-20(23)27-19)16-8-6-5-7-9-16/h5-9,11-13H,3-4,10,14H2,1-2H3. The minimum atomic E-state index is -0.433. The third kappa shape index (κ3) is 4.56. The summed E-state index contributed by atoms with van der Waals surface area (Å²) < 4.78 is 16.3. The summed E-state index contributed by atoms with van der Waals surface area (Å²) in [5, 5.41) is 0.660. The molecule has 140 valence electrons. The zero-order valence-electron chi connectivity index (χ0n) is 15.5. The number of carbonyl (C=O) groups excluding carboxylic acids is 1. The Morgan fingerprint density at radius 2 is 1.89 bits per heavy atom. The third-order valence-electron chi connectivity index (χ3n) is 4.14. The van der Waals surface area contributed by atoms with Crippen LogP contribution in [0.2, 0.25) is 0 Å². The lowest BCUT2D eigenvalue weighted by atomic mass is 10.0. The molecule has 0 saturated heterocycles. The molecule has 0 aliphatic carbocycles. The molecule has 0 atom stereocenters. The lowest BCUT2D eigenvalue weighted by Crippen LogP contribution is -2.15. The highest BCUT2D eigenvalue weighted by atomic mass is 16.6. The highest BCUT2D eigenvalue weighted by molar-refractivity contribution is 5.98. The Labute approximate surface area is 157 Å². The third-order valence-corrected chi connectivity index (χ3v) is 4.14. The fourth-order valence-corrected chi connectivity index (χ4v) is 2.86. The molecule has 0 N–H and O–H groups in total. The van der Waals surface area contributed by atoms with Gasteiger partial charge >= 0.3 is 11.6 Å². The van der Waals surface area contributed by atoms with Gasteiger partial charge in [0.25, 0.3) is 0 Å². The van der Waals surface area contributed by atoms with E-state index in [9.17, 15) is 9.59 Å². The van der Waals surface area contributed by atoms with E-state index < -0.39 is 11.6 Å². The van der Waals surface area contributed by atoms with E-state index in [0.29, 0.717) is 28.9 Å². The maximum Gasteiger partial charge on any atom is 0.344 e. The van der Waals surface area contributed by atoms with Crippen LogP contribution in [0.25, 0.3) is 22.1 Å². The Hall–Kier alpha value is -3.08. The average molecular weight is 366 g/mol. The first-order valence-corrected chi connectivity index (χ1v) is 9.01. The molecule has 0 saturated carbocycles. The van der Waals surface area contributed by atoms with Crippen molar-refractivity contribution in [3.8, 4) is 16.9 Å². The summed E-state index contributed by atoms with van der Waals surface area (Å²) in [4.78, 5) is 23.9. The van der Waals surface area contributed by atoms with Gasteiger partial charge < -0.3 is 13.9 Å². The zero-order chi connectivity index (χ0) is 19.2. The van der Waals surface area contributed by atoms with Gasteiger partial charge in [-0.15, -0.1) is 0 Å². The van der Waals surface area contributed by atoms with Gasteiger partial charge in [-0.25, -0.2) is 9.59 Å². The Bertz CT molecular complexity index is 989. The van der Waals surface area contributed by atoms with Crippen LogP contribution in [0.5, 0.6) is 5.75 Å². The number of hydrogen-bond acceptors (Lipinski definition) is 5. The highest BCUT2D eigenvalue weighted by Gasteiger charge is 2.15. The van der Waals surface area contributed by atoms with Crippen LogP contribution in [0.15, 0.2) is 57.7 Å². The number of unbranched alkanes of at least 4 members (excludes halogenated alkanes) is 1. The van der Waals surface area contributed by atoms with E-state index in [1.807, 2.05) is 50.2 Å². The molecule has 0 aliphatic rings. The van der Waals surface area contributed by atoms with Crippen molar-refractivity contribution in [1.29, 1.82) is 0 Å². The predicted octanol–water partition coefficient (Wildman–Crippen LogP) is 4.49. The molecule has 5 heteroatoms. The molecule has 0 unspecified atom stereocenters. The van der Waals surface area contributed by atoms with Crippen molar-refractivity contribution in [2.24, 2.45) is 0 Å². The predicted molar refractivity (Wildman–Crippen MR) is 104 cm³/mol. The summed E-state index contributed by atoms with van der Waals surface area (Å²) in [6.07, 6.45) is 1.78. The largest absolute Gasteiger partial charge is 0.481 e. The Kier molecular flexibility index (Phi) is 5.91. The molecule has 1 aromatic heterocycles. The van der Waals surface area contributed by atoms with E-state index in [4.69, 9.17) is 13.9 Å². The van der Waals surface area contributed by atoms with E-state index in [2.05, 4.69) is 0 Å². The van der Waals surface area contributed by atoms with E-state index >= 15 is 0 Å². The molecule has 1 heterocycles. The van der Waals surface area contributed by atoms with Gasteiger partial charge in [-0.2, -0.15) is 0 Å². The van der Waals surface area contributed by atoms with E-state index in [1.165, 1.54) is 6.07 Å². The van der Waals surface area contributed by atoms with Gasteiger partial charge in [0.05, 0.1) is 12.0 Å². The molecular weight excluding hydrogens is 344 g/mol. The maximum absolute atomic E-state index is 12.0. The quantitative estimate of drug-likeness (QED) is 0.350. The van der Waals surface area contributed by atoms with Crippen LogP contribution in [0.4, 0.5) is 0 Å². The Morgan fingerprint density at radius 3 is 2.63 bits per heavy atom. The monoisotopic (exact) mass is 366 g/mol. The van der Waals surface area contributed by atoms with Crippen molar-refractivity contribution < 1.29 is 18.7 Å². The molecule has 0 spiro atoms. The smallest absolute Gasteiger partial charge is 0.344 e. The first-order valence-electron chi connectivity index (χ1n) is 9.01. The molecule has 5 nitrogen and oxygen atoms in total. The van der Waals surface area contributed by atoms with Gasteiger partial charge in [0.15, 0.2) is 6.61 Å². The molecule has 0 aliphatic heterocycles. The van der Waals surface area contributed by atoms with Gasteiger partial charge in [-0.3, -0.25) is 0 Å². The topological polar surface area (TPSA) is 65.7 Å². The SMILES string of the molecule is CCCCOC(=O)COc1cc(C)cc2oc(=O)cc(-c3ccccc3)c12. The zero-order valence-corrected chi connectivity index (χ0v) is 15.5. The molecule has 0 bridgehead atoms. The van der Waals surface area contributed by atoms with Crippen LogP contribution in [0.3, 0.4) is 0 Å². The van der Waals surface area contributed by atoms with E-state index in [0.717, 1.165) is 24.0 Å². The number of rotatable bonds is 7. The number of aryl methyl sites for hydroxylation is 1. The van der Waals surface area contributed by atoms with Crippen molar-refractivity contribution in [3.05, 3.63) is 64.5 Å². The second-order valence-corrected chi connectivity index (χ2v) is 6.34. The maximum atomic E-state index is 12.0. The van der Waals surface area contributed by atoms with Gasteiger partial charge in [-0.05, 0) is 36.6 Å². The van der Waals surface area contributed by atoms with Crippen LogP contribution in [0, 0.1) is 6.92 Å². The summed E-state index contributed by atoms with van der Waals surface area (Å²) in [6, 6.07) is 14.6. The number of hydrogen-bond donors (Lipinski definition) is 0. The van der Waals surface area contributed by atoms with E-state index in [-0.39, 0.29) is 6.61 Å². The Balaban J connectivity index is 1.99. The second-order valence-electron chi connectivity index (χ2n) is 6.34. The van der Waals surface area contributed by atoms with Crippen LogP contribution >= 0.6 is 0 Å². The fourth-order valence-electron chi connectivity index (χ4n) is 2.86. The molecular formula is C22H22O5. The highest BCUT2D eigenvalue weighted by Crippen LogP contribution is 2.35.